The van der Waals surface area contributed by atoms with E-state index >= 15 is 0 Å². The number of amides is 1. The fraction of sp³-hybridized carbons (Fsp3) is 0.364. The number of nitrogens with one attached hydrogen (secondary N) is 2. The summed E-state index contributed by atoms with van der Waals surface area (Å²) in [6.07, 6.45) is 7.82. The van der Waals surface area contributed by atoms with Gasteiger partial charge in [0, 0.05) is 31.0 Å². The fourth-order valence-corrected chi connectivity index (χ4v) is 5.20. The molecule has 0 spiro atoms. The first-order chi connectivity index (χ1) is 17.2. The third-order valence-corrected chi connectivity index (χ3v) is 7.75. The molecule has 0 saturated heterocycles. The number of anilines is 3. The molecule has 5 N–H and O–H groups in total. The maximum absolute atomic E-state index is 12.4. The van der Waals surface area contributed by atoms with Gasteiger partial charge in [-0.1, -0.05) is 0 Å². The van der Waals surface area contributed by atoms with Gasteiger partial charge in [0.2, 0.25) is 0 Å². The number of fused-ring (bicyclic) bond motifs is 1. The molecular weight excluding hydrogens is 484 g/mol. The van der Waals surface area contributed by atoms with Crippen LogP contribution in [0.3, 0.4) is 0 Å². The zero-order valence-corrected chi connectivity index (χ0v) is 20.7. The van der Waals surface area contributed by atoms with E-state index in [1.165, 1.54) is 12.4 Å². The van der Waals surface area contributed by atoms with Gasteiger partial charge in [-0.25, -0.2) is 28.2 Å². The lowest BCUT2D eigenvalue weighted by Gasteiger charge is -2.09. The van der Waals surface area contributed by atoms with Crippen LogP contribution in [0.1, 0.15) is 39.2 Å². The van der Waals surface area contributed by atoms with E-state index in [1.54, 1.807) is 18.5 Å². The Morgan fingerprint density at radius 3 is 2.75 bits per heavy atom. The molecule has 14 heteroatoms. The average molecular weight is 512 g/mol. The van der Waals surface area contributed by atoms with Crippen LogP contribution in [0.25, 0.3) is 22.3 Å². The summed E-state index contributed by atoms with van der Waals surface area (Å²) in [5.41, 5.74) is 4.76. The maximum atomic E-state index is 12.4. The van der Waals surface area contributed by atoms with Gasteiger partial charge in [0.15, 0.2) is 11.6 Å². The SMILES string of the molecule is CC(C)n1nc(NCCC([NH3+])=O)c2cnc(Nc3ccnc(-c4cnn(S(=O)(=O)C5CC5)c4)n3)cc21. The lowest BCUT2D eigenvalue weighted by atomic mass is 10.3. The predicted molar refractivity (Wildman–Crippen MR) is 133 cm³/mol. The fourth-order valence-electron chi connectivity index (χ4n) is 3.72. The van der Waals surface area contributed by atoms with Crippen molar-refractivity contribution in [1.29, 1.82) is 0 Å². The van der Waals surface area contributed by atoms with Gasteiger partial charge in [-0.2, -0.15) is 14.3 Å². The number of carbonyl (C=O) groups is 1. The molecule has 188 valence electrons. The Morgan fingerprint density at radius 2 is 2.03 bits per heavy atom. The molecule has 1 aliphatic rings. The van der Waals surface area contributed by atoms with E-state index in [1.807, 2.05) is 24.6 Å². The molecule has 4 aromatic rings. The number of hydrogen-bond donors (Lipinski definition) is 3. The summed E-state index contributed by atoms with van der Waals surface area (Å²) in [5.74, 6) is 1.91. The van der Waals surface area contributed by atoms with E-state index in [2.05, 4.69) is 41.5 Å². The Bertz CT molecular complexity index is 1540. The molecule has 1 amide bonds. The Labute approximate surface area is 207 Å². The van der Waals surface area contributed by atoms with Gasteiger partial charge in [0.25, 0.3) is 10.0 Å². The van der Waals surface area contributed by atoms with E-state index in [0.29, 0.717) is 54.6 Å². The summed E-state index contributed by atoms with van der Waals surface area (Å²) in [4.78, 5) is 24.5. The van der Waals surface area contributed by atoms with Crippen molar-refractivity contribution >= 4 is 44.3 Å². The molecular formula is C22H27N10O3S+. The lowest BCUT2D eigenvalue weighted by Crippen LogP contribution is -2.57. The number of rotatable bonds is 10. The summed E-state index contributed by atoms with van der Waals surface area (Å²) in [5, 5.41) is 15.5. The summed E-state index contributed by atoms with van der Waals surface area (Å²) >= 11 is 0. The molecule has 0 bridgehead atoms. The number of pyridine rings is 1. The first-order valence-corrected chi connectivity index (χ1v) is 13.1. The number of aromatic nitrogens is 7. The van der Waals surface area contributed by atoms with Crippen molar-refractivity contribution < 1.29 is 18.9 Å². The van der Waals surface area contributed by atoms with Gasteiger partial charge in [-0.3, -0.25) is 10.4 Å². The van der Waals surface area contributed by atoms with E-state index < -0.39 is 10.0 Å². The van der Waals surface area contributed by atoms with E-state index in [-0.39, 0.29) is 17.2 Å². The monoisotopic (exact) mass is 511 g/mol. The highest BCUT2D eigenvalue weighted by Crippen LogP contribution is 2.31. The Hall–Kier alpha value is -3.91. The third kappa shape index (κ3) is 4.77. The topological polar surface area (TPSA) is 177 Å². The second kappa shape index (κ2) is 9.28. The highest BCUT2D eigenvalue weighted by Gasteiger charge is 2.37. The van der Waals surface area contributed by atoms with Crippen molar-refractivity contribution in [3.63, 3.8) is 0 Å². The lowest BCUT2D eigenvalue weighted by molar-refractivity contribution is -0.305. The van der Waals surface area contributed by atoms with E-state index in [0.717, 1.165) is 15.0 Å². The Morgan fingerprint density at radius 1 is 1.22 bits per heavy atom. The maximum Gasteiger partial charge on any atom is 0.310 e. The van der Waals surface area contributed by atoms with Gasteiger partial charge in [0.1, 0.15) is 11.6 Å². The van der Waals surface area contributed by atoms with Crippen molar-refractivity contribution in [2.24, 2.45) is 0 Å². The van der Waals surface area contributed by atoms with Crippen LogP contribution in [0.2, 0.25) is 0 Å². The van der Waals surface area contributed by atoms with Gasteiger partial charge in [-0.05, 0) is 32.8 Å². The second-order valence-corrected chi connectivity index (χ2v) is 11.0. The molecule has 0 unspecified atom stereocenters. The highest BCUT2D eigenvalue weighted by molar-refractivity contribution is 7.90. The van der Waals surface area contributed by atoms with Gasteiger partial charge in [-0.15, -0.1) is 0 Å². The minimum absolute atomic E-state index is 0.0990. The number of carbonyl (C=O) groups excluding carboxylic acids is 1. The first-order valence-electron chi connectivity index (χ1n) is 11.6. The second-order valence-electron chi connectivity index (χ2n) is 8.93. The third-order valence-electron chi connectivity index (χ3n) is 5.71. The molecule has 1 fully saturated rings. The molecule has 0 aliphatic heterocycles. The van der Waals surface area contributed by atoms with Crippen LogP contribution in [0.4, 0.5) is 17.5 Å². The molecule has 0 aromatic carbocycles. The molecule has 36 heavy (non-hydrogen) atoms. The molecule has 4 aromatic heterocycles. The Balaban J connectivity index is 1.39. The van der Waals surface area contributed by atoms with Crippen LogP contribution in [0.5, 0.6) is 0 Å². The predicted octanol–water partition coefficient (Wildman–Crippen LogP) is 1.32. The van der Waals surface area contributed by atoms with Crippen LogP contribution in [-0.2, 0) is 14.8 Å². The highest BCUT2D eigenvalue weighted by atomic mass is 32.2. The van der Waals surface area contributed by atoms with E-state index in [4.69, 9.17) is 0 Å². The summed E-state index contributed by atoms with van der Waals surface area (Å²) in [6, 6.07) is 3.67. The van der Waals surface area contributed by atoms with Crippen molar-refractivity contribution in [2.75, 3.05) is 17.2 Å². The average Bonchev–Trinajstić information content (AvgIpc) is 3.47. The van der Waals surface area contributed by atoms with Gasteiger partial charge >= 0.3 is 5.91 Å². The molecule has 4 heterocycles. The van der Waals surface area contributed by atoms with Crippen LogP contribution < -0.4 is 16.4 Å². The quantitative estimate of drug-likeness (QED) is 0.281. The standard InChI is InChI=1S/C22H26N10O3S/c1-13(2)32-17-9-20(26-11-16(17)22(30-32)25-7-5-18(23)33)28-19-6-8-24-21(29-19)14-10-27-31(12-14)36(34,35)15-3-4-15/h6,8-13,15H,3-5,7H2,1-2H3,(H2,23,33)(H,25,30)(H,24,26,28,29)/p+1. The minimum Gasteiger partial charge on any atom is -0.367 e. The van der Waals surface area contributed by atoms with Gasteiger partial charge < -0.3 is 10.6 Å². The molecule has 5 rings (SSSR count). The van der Waals surface area contributed by atoms with Crippen molar-refractivity contribution in [3.8, 4) is 11.4 Å². The molecule has 13 nitrogen and oxygen atoms in total. The zero-order chi connectivity index (χ0) is 25.4. The summed E-state index contributed by atoms with van der Waals surface area (Å²) < 4.78 is 27.7. The number of nitrogens with zero attached hydrogens (tertiary/aromatic N) is 7. The van der Waals surface area contributed by atoms with Crippen molar-refractivity contribution in [3.05, 3.63) is 36.9 Å². The molecule has 1 saturated carbocycles. The van der Waals surface area contributed by atoms with Crippen LogP contribution in [0, 0.1) is 0 Å². The normalized spacial score (nSPS) is 13.9. The van der Waals surface area contributed by atoms with Crippen molar-refractivity contribution in [1.82, 2.24) is 33.9 Å². The van der Waals surface area contributed by atoms with Crippen LogP contribution >= 0.6 is 0 Å². The minimum atomic E-state index is -3.46. The summed E-state index contributed by atoms with van der Waals surface area (Å²) in [6.45, 7) is 4.50. The van der Waals surface area contributed by atoms with Crippen LogP contribution in [-0.4, -0.2) is 60.0 Å². The number of hydrogen-bond acceptors (Lipinski definition) is 10. The summed E-state index contributed by atoms with van der Waals surface area (Å²) in [7, 11) is -3.46. The van der Waals surface area contributed by atoms with Gasteiger partial charge in [0.05, 0.1) is 40.5 Å². The molecule has 0 radical (unpaired) electrons. The molecule has 1 aliphatic carbocycles. The smallest absolute Gasteiger partial charge is 0.310 e. The Kier molecular flexibility index (Phi) is 6.14. The number of quaternary nitrogens is 1. The molecule has 0 atom stereocenters. The zero-order valence-electron chi connectivity index (χ0n) is 19.9. The largest absolute Gasteiger partial charge is 0.367 e. The van der Waals surface area contributed by atoms with E-state index in [9.17, 15) is 13.2 Å². The van der Waals surface area contributed by atoms with Crippen LogP contribution in [0.15, 0.2) is 36.9 Å². The van der Waals surface area contributed by atoms with Crippen molar-refractivity contribution in [2.45, 2.75) is 44.4 Å². The first kappa shape index (κ1) is 23.8.